The quantitative estimate of drug-likeness (QED) is 0.346. The molecule has 1 saturated carbocycles. The molecule has 0 heterocycles. The highest BCUT2D eigenvalue weighted by Gasteiger charge is 2.25. The van der Waals surface area contributed by atoms with E-state index in [0.717, 1.165) is 0 Å². The second-order valence-corrected chi connectivity index (χ2v) is 7.21. The number of rotatable bonds is 11. The first kappa shape index (κ1) is 18.0. The molecule has 1 fully saturated rings. The Bertz CT molecular complexity index is 204. The van der Waals surface area contributed by atoms with Crippen LogP contribution in [-0.2, 0) is 0 Å². The minimum absolute atomic E-state index is 0.205. The van der Waals surface area contributed by atoms with Gasteiger partial charge in [0.15, 0.2) is 0 Å². The lowest BCUT2D eigenvalue weighted by molar-refractivity contribution is 0.331. The lowest BCUT2D eigenvalue weighted by Gasteiger charge is -2.28. The highest BCUT2D eigenvalue weighted by molar-refractivity contribution is 4.85. The second-order valence-electron chi connectivity index (χ2n) is 7.21. The minimum atomic E-state index is 0.205. The Morgan fingerprint density at radius 1 is 0.650 bits per heavy atom. The van der Waals surface area contributed by atoms with Crippen molar-refractivity contribution in [1.29, 1.82) is 0 Å². The third kappa shape index (κ3) is 9.00. The lowest BCUT2D eigenvalue weighted by Crippen LogP contribution is -2.38. The van der Waals surface area contributed by atoms with Crippen molar-refractivity contribution in [2.45, 2.75) is 122 Å². The summed E-state index contributed by atoms with van der Waals surface area (Å²) in [6.45, 7) is 2.29. The van der Waals surface area contributed by atoms with Crippen molar-refractivity contribution < 1.29 is 0 Å². The number of hydrogen-bond acceptors (Lipinski definition) is 1. The summed E-state index contributed by atoms with van der Waals surface area (Å²) in [5.74, 6) is 0. The predicted molar refractivity (Wildman–Crippen MR) is 91.1 cm³/mol. The fraction of sp³-hybridized carbons (Fsp3) is 1.00. The molecule has 1 rings (SSSR count). The smallest absolute Gasteiger partial charge is 0.0154 e. The van der Waals surface area contributed by atoms with Crippen molar-refractivity contribution in [3.05, 3.63) is 0 Å². The van der Waals surface area contributed by atoms with Crippen molar-refractivity contribution in [2.75, 3.05) is 0 Å². The number of hydrogen-bond donors (Lipinski definition) is 1. The van der Waals surface area contributed by atoms with Gasteiger partial charge in [0.05, 0.1) is 0 Å². The fourth-order valence-electron chi connectivity index (χ4n) is 3.65. The van der Waals surface area contributed by atoms with E-state index in [-0.39, 0.29) is 5.54 Å². The molecule has 2 N–H and O–H groups in total. The van der Waals surface area contributed by atoms with Crippen LogP contribution in [-0.4, -0.2) is 5.54 Å². The third-order valence-corrected chi connectivity index (χ3v) is 5.13. The van der Waals surface area contributed by atoms with Crippen LogP contribution in [0.3, 0.4) is 0 Å². The zero-order chi connectivity index (χ0) is 14.5. The summed E-state index contributed by atoms with van der Waals surface area (Å²) in [4.78, 5) is 0. The molecule has 1 aliphatic carbocycles. The van der Waals surface area contributed by atoms with Gasteiger partial charge in [0.1, 0.15) is 0 Å². The van der Waals surface area contributed by atoms with Crippen molar-refractivity contribution in [2.24, 2.45) is 5.73 Å². The van der Waals surface area contributed by atoms with E-state index in [1.807, 2.05) is 0 Å². The van der Waals surface area contributed by atoms with Gasteiger partial charge in [-0.15, -0.1) is 0 Å². The topological polar surface area (TPSA) is 26.0 Å². The summed E-state index contributed by atoms with van der Waals surface area (Å²) in [6.07, 6.45) is 23.7. The number of unbranched alkanes of at least 4 members (excludes halogenated alkanes) is 9. The van der Waals surface area contributed by atoms with Crippen LogP contribution in [0.2, 0.25) is 0 Å². The molecule has 1 aliphatic rings. The Morgan fingerprint density at radius 2 is 1.10 bits per heavy atom. The van der Waals surface area contributed by atoms with E-state index >= 15 is 0 Å². The molecule has 0 aromatic heterocycles. The Labute approximate surface area is 128 Å². The largest absolute Gasteiger partial charge is 0.325 e. The molecule has 0 saturated heterocycles. The third-order valence-electron chi connectivity index (χ3n) is 5.13. The van der Waals surface area contributed by atoms with Crippen LogP contribution in [0.1, 0.15) is 116 Å². The van der Waals surface area contributed by atoms with E-state index in [1.165, 1.54) is 109 Å². The Hall–Kier alpha value is -0.0400. The van der Waals surface area contributed by atoms with Gasteiger partial charge in [-0.05, 0) is 19.3 Å². The Morgan fingerprint density at radius 3 is 1.60 bits per heavy atom. The van der Waals surface area contributed by atoms with Crippen LogP contribution in [0.4, 0.5) is 0 Å². The zero-order valence-corrected chi connectivity index (χ0v) is 14.1. The molecule has 120 valence electrons. The molecule has 0 aromatic carbocycles. The molecule has 0 spiro atoms. The van der Waals surface area contributed by atoms with E-state index in [9.17, 15) is 0 Å². The summed E-state index contributed by atoms with van der Waals surface area (Å²) in [5.41, 5.74) is 6.77. The van der Waals surface area contributed by atoms with Gasteiger partial charge >= 0.3 is 0 Å². The summed E-state index contributed by atoms with van der Waals surface area (Å²) in [5, 5.41) is 0. The summed E-state index contributed by atoms with van der Waals surface area (Å²) in [6, 6.07) is 0. The average Bonchev–Trinajstić information content (AvgIpc) is 2.66. The first-order valence-corrected chi connectivity index (χ1v) is 9.56. The molecular formula is C19H39N. The van der Waals surface area contributed by atoms with Crippen LogP contribution < -0.4 is 5.73 Å². The maximum Gasteiger partial charge on any atom is 0.0154 e. The van der Waals surface area contributed by atoms with Gasteiger partial charge < -0.3 is 5.73 Å². The molecule has 0 unspecified atom stereocenters. The van der Waals surface area contributed by atoms with Gasteiger partial charge in [-0.1, -0.05) is 96.8 Å². The maximum atomic E-state index is 6.57. The van der Waals surface area contributed by atoms with Gasteiger partial charge in [-0.2, -0.15) is 0 Å². The molecule has 0 bridgehead atoms. The van der Waals surface area contributed by atoms with Crippen molar-refractivity contribution >= 4 is 0 Å². The SMILES string of the molecule is CCCCCCCCCCCCC1(N)CCCCCC1. The van der Waals surface area contributed by atoms with Gasteiger partial charge in [0.25, 0.3) is 0 Å². The fourth-order valence-corrected chi connectivity index (χ4v) is 3.65. The van der Waals surface area contributed by atoms with Gasteiger partial charge in [-0.25, -0.2) is 0 Å². The minimum Gasteiger partial charge on any atom is -0.325 e. The molecule has 20 heavy (non-hydrogen) atoms. The normalized spacial score (nSPS) is 18.9. The molecule has 1 nitrogen and oxygen atoms in total. The van der Waals surface area contributed by atoms with Crippen molar-refractivity contribution in [1.82, 2.24) is 0 Å². The molecule has 1 heteroatoms. The van der Waals surface area contributed by atoms with E-state index in [4.69, 9.17) is 5.73 Å². The van der Waals surface area contributed by atoms with Crippen LogP contribution in [0, 0.1) is 0 Å². The summed E-state index contributed by atoms with van der Waals surface area (Å²) < 4.78 is 0. The standard InChI is InChI=1S/C19H39N/c1-2-3-4-5-6-7-8-9-10-13-16-19(20)17-14-11-12-15-18-19/h2-18,20H2,1H3. The van der Waals surface area contributed by atoms with Crippen molar-refractivity contribution in [3.63, 3.8) is 0 Å². The van der Waals surface area contributed by atoms with Crippen LogP contribution in [0.5, 0.6) is 0 Å². The lowest BCUT2D eigenvalue weighted by atomic mass is 9.86. The van der Waals surface area contributed by atoms with Crippen molar-refractivity contribution in [3.8, 4) is 0 Å². The maximum absolute atomic E-state index is 6.57. The van der Waals surface area contributed by atoms with E-state index in [2.05, 4.69) is 6.92 Å². The second kappa shape index (κ2) is 11.6. The molecule has 0 radical (unpaired) electrons. The first-order chi connectivity index (χ1) is 9.77. The average molecular weight is 282 g/mol. The monoisotopic (exact) mass is 281 g/mol. The molecular weight excluding hydrogens is 242 g/mol. The number of nitrogens with two attached hydrogens (primary N) is 1. The molecule has 0 atom stereocenters. The van der Waals surface area contributed by atoms with E-state index < -0.39 is 0 Å². The van der Waals surface area contributed by atoms with Crippen LogP contribution >= 0.6 is 0 Å². The molecule has 0 aliphatic heterocycles. The van der Waals surface area contributed by atoms with Crippen LogP contribution in [0.15, 0.2) is 0 Å². The highest BCUT2D eigenvalue weighted by atomic mass is 14.7. The predicted octanol–water partition coefficient (Wildman–Crippen LogP) is 6.35. The zero-order valence-electron chi connectivity index (χ0n) is 14.1. The Balaban J connectivity index is 1.88. The van der Waals surface area contributed by atoms with E-state index in [1.54, 1.807) is 0 Å². The van der Waals surface area contributed by atoms with Gasteiger partial charge in [0, 0.05) is 5.54 Å². The van der Waals surface area contributed by atoms with E-state index in [0.29, 0.717) is 0 Å². The van der Waals surface area contributed by atoms with Crippen LogP contribution in [0.25, 0.3) is 0 Å². The Kier molecular flexibility index (Phi) is 10.4. The van der Waals surface area contributed by atoms with Gasteiger partial charge in [0.2, 0.25) is 0 Å². The summed E-state index contributed by atoms with van der Waals surface area (Å²) in [7, 11) is 0. The molecule has 0 amide bonds. The van der Waals surface area contributed by atoms with Gasteiger partial charge in [-0.3, -0.25) is 0 Å². The summed E-state index contributed by atoms with van der Waals surface area (Å²) >= 11 is 0. The first-order valence-electron chi connectivity index (χ1n) is 9.56. The molecule has 0 aromatic rings. The highest BCUT2D eigenvalue weighted by Crippen LogP contribution is 2.29.